The maximum absolute atomic E-state index is 12.8. The lowest BCUT2D eigenvalue weighted by Crippen LogP contribution is -2.31. The number of amides is 2. The van der Waals surface area contributed by atoms with Crippen LogP contribution < -0.4 is 10.2 Å². The first-order valence-corrected chi connectivity index (χ1v) is 11.6. The monoisotopic (exact) mass is 470 g/mol. The van der Waals surface area contributed by atoms with Crippen molar-refractivity contribution in [3.05, 3.63) is 89.5 Å². The first-order valence-electron chi connectivity index (χ1n) is 11.6. The molecule has 0 spiro atoms. The van der Waals surface area contributed by atoms with Crippen molar-refractivity contribution in [2.24, 2.45) is 11.8 Å². The Hall–Kier alpha value is -4.13. The number of rotatable bonds is 7. The van der Waals surface area contributed by atoms with Crippen LogP contribution in [0.2, 0.25) is 0 Å². The zero-order chi connectivity index (χ0) is 24.5. The number of hydrogen-bond donors (Lipinski definition) is 2. The number of carboxylic acids is 1. The Morgan fingerprint density at radius 3 is 2.14 bits per heavy atom. The first kappa shape index (κ1) is 22.7. The van der Waals surface area contributed by atoms with Gasteiger partial charge in [-0.1, -0.05) is 48.5 Å². The van der Waals surface area contributed by atoms with Crippen LogP contribution in [-0.2, 0) is 9.53 Å². The van der Waals surface area contributed by atoms with Gasteiger partial charge in [0.1, 0.15) is 6.61 Å². The molecule has 1 fully saturated rings. The van der Waals surface area contributed by atoms with E-state index in [0.29, 0.717) is 18.7 Å². The summed E-state index contributed by atoms with van der Waals surface area (Å²) < 4.78 is 5.57. The van der Waals surface area contributed by atoms with E-state index in [1.807, 2.05) is 24.3 Å². The molecule has 0 aliphatic heterocycles. The maximum atomic E-state index is 12.8. The minimum Gasteiger partial charge on any atom is -0.478 e. The van der Waals surface area contributed by atoms with Gasteiger partial charge in [-0.05, 0) is 58.9 Å². The van der Waals surface area contributed by atoms with Crippen molar-refractivity contribution < 1.29 is 24.2 Å². The predicted octanol–water partition coefficient (Wildman–Crippen LogP) is 4.52. The molecule has 0 saturated heterocycles. The van der Waals surface area contributed by atoms with Gasteiger partial charge >= 0.3 is 12.1 Å². The van der Waals surface area contributed by atoms with Crippen molar-refractivity contribution in [2.75, 3.05) is 25.1 Å². The van der Waals surface area contributed by atoms with Gasteiger partial charge in [0.15, 0.2) is 0 Å². The third-order valence-corrected chi connectivity index (χ3v) is 6.92. The quantitative estimate of drug-likeness (QED) is 0.529. The van der Waals surface area contributed by atoms with Gasteiger partial charge < -0.3 is 20.1 Å². The van der Waals surface area contributed by atoms with E-state index in [1.165, 1.54) is 28.2 Å². The highest BCUT2D eigenvalue weighted by molar-refractivity contribution is 5.97. The second kappa shape index (κ2) is 9.25. The van der Waals surface area contributed by atoms with Crippen LogP contribution in [-0.4, -0.2) is 43.3 Å². The van der Waals surface area contributed by atoms with E-state index in [0.717, 1.165) is 11.1 Å². The topological polar surface area (TPSA) is 95.9 Å². The highest BCUT2D eigenvalue weighted by atomic mass is 16.5. The van der Waals surface area contributed by atoms with Crippen molar-refractivity contribution in [3.63, 3.8) is 0 Å². The molecule has 2 amide bonds. The predicted molar refractivity (Wildman–Crippen MR) is 131 cm³/mol. The molecule has 3 aromatic carbocycles. The van der Waals surface area contributed by atoms with Crippen molar-refractivity contribution >= 4 is 23.7 Å². The second-order valence-corrected chi connectivity index (χ2v) is 9.06. The average molecular weight is 471 g/mol. The van der Waals surface area contributed by atoms with Gasteiger partial charge in [-0.3, -0.25) is 4.79 Å². The molecule has 0 heterocycles. The van der Waals surface area contributed by atoms with Gasteiger partial charge in [0.2, 0.25) is 5.91 Å². The number of alkyl carbamates (subject to hydrolysis) is 1. The number of carbonyl (C=O) groups excluding carboxylic acids is 2. The van der Waals surface area contributed by atoms with E-state index < -0.39 is 12.1 Å². The average Bonchev–Trinajstić information content (AvgIpc) is 3.60. The minimum atomic E-state index is -1.01. The summed E-state index contributed by atoms with van der Waals surface area (Å²) in [5.74, 6) is -1.17. The lowest BCUT2D eigenvalue weighted by atomic mass is 9.98. The number of nitrogens with zero attached hydrogens (tertiary/aromatic N) is 1. The summed E-state index contributed by atoms with van der Waals surface area (Å²) in [6.45, 7) is 0.626. The number of benzene rings is 3. The molecule has 3 aromatic rings. The minimum absolute atomic E-state index is 0.00423. The highest BCUT2D eigenvalue weighted by Gasteiger charge is 2.44. The third-order valence-electron chi connectivity index (χ3n) is 6.92. The van der Waals surface area contributed by atoms with Crippen molar-refractivity contribution in [1.29, 1.82) is 0 Å². The number of anilines is 1. The molecule has 0 unspecified atom stereocenters. The van der Waals surface area contributed by atoms with Crippen LogP contribution in [0.15, 0.2) is 72.8 Å². The maximum Gasteiger partial charge on any atom is 0.407 e. The smallest absolute Gasteiger partial charge is 0.407 e. The fourth-order valence-electron chi connectivity index (χ4n) is 4.84. The molecule has 0 aromatic heterocycles. The van der Waals surface area contributed by atoms with Crippen LogP contribution >= 0.6 is 0 Å². The molecule has 0 bridgehead atoms. The Morgan fingerprint density at radius 2 is 1.54 bits per heavy atom. The van der Waals surface area contributed by atoms with Gasteiger partial charge in [0, 0.05) is 31.1 Å². The number of carboxylic acid groups (broad SMARTS) is 1. The van der Waals surface area contributed by atoms with Crippen LogP contribution in [0.3, 0.4) is 0 Å². The summed E-state index contributed by atoms with van der Waals surface area (Å²) in [6, 6.07) is 22.6. The van der Waals surface area contributed by atoms with E-state index in [2.05, 4.69) is 29.6 Å². The number of aromatic carboxylic acids is 1. The number of fused-ring (bicyclic) bond motifs is 3. The highest BCUT2D eigenvalue weighted by Crippen LogP contribution is 2.44. The van der Waals surface area contributed by atoms with E-state index in [4.69, 9.17) is 9.84 Å². The third kappa shape index (κ3) is 4.49. The van der Waals surface area contributed by atoms with Crippen LogP contribution in [0.25, 0.3) is 11.1 Å². The molecule has 0 radical (unpaired) electrons. The number of nitrogens with one attached hydrogen (secondary N) is 1. The molecular formula is C28H26N2O5. The van der Waals surface area contributed by atoms with Crippen molar-refractivity contribution in [3.8, 4) is 11.1 Å². The summed E-state index contributed by atoms with van der Waals surface area (Å²) >= 11 is 0. The van der Waals surface area contributed by atoms with E-state index in [9.17, 15) is 14.4 Å². The molecule has 2 atom stereocenters. The lowest BCUT2D eigenvalue weighted by Gasteiger charge is -2.18. The summed E-state index contributed by atoms with van der Waals surface area (Å²) in [7, 11) is 1.67. The molecule has 7 heteroatoms. The first-order chi connectivity index (χ1) is 16.9. The zero-order valence-corrected chi connectivity index (χ0v) is 19.3. The standard InChI is InChI=1S/C28H26N2O5/c1-30(19-12-10-17(11-13-19)27(32)33)26(31)24-14-18(24)15-29-28(34)35-16-25-22-8-4-2-6-20(22)21-7-3-5-9-23(21)25/h2-13,18,24-25H,14-16H2,1H3,(H,29,34)(H,32,33)/t18-,24-/m0/s1. The van der Waals surface area contributed by atoms with Gasteiger partial charge in [-0.2, -0.15) is 0 Å². The molecule has 178 valence electrons. The molecular weight excluding hydrogens is 444 g/mol. The Kier molecular flexibility index (Phi) is 5.99. The fourth-order valence-corrected chi connectivity index (χ4v) is 4.84. The largest absolute Gasteiger partial charge is 0.478 e. The second-order valence-electron chi connectivity index (χ2n) is 9.06. The van der Waals surface area contributed by atoms with Gasteiger partial charge in [0.05, 0.1) is 5.56 Å². The van der Waals surface area contributed by atoms with E-state index in [-0.39, 0.29) is 35.8 Å². The van der Waals surface area contributed by atoms with Crippen LogP contribution in [0, 0.1) is 11.8 Å². The van der Waals surface area contributed by atoms with Crippen LogP contribution in [0.4, 0.5) is 10.5 Å². The van der Waals surface area contributed by atoms with Gasteiger partial charge in [-0.25, -0.2) is 9.59 Å². The van der Waals surface area contributed by atoms with E-state index >= 15 is 0 Å². The normalized spacial score (nSPS) is 17.7. The summed E-state index contributed by atoms with van der Waals surface area (Å²) in [5, 5.41) is 11.8. The van der Waals surface area contributed by atoms with Crippen LogP contribution in [0.1, 0.15) is 33.8 Å². The Morgan fingerprint density at radius 1 is 0.943 bits per heavy atom. The number of hydrogen-bond acceptors (Lipinski definition) is 4. The Bertz CT molecular complexity index is 1240. The summed E-state index contributed by atoms with van der Waals surface area (Å²) in [5.41, 5.74) is 5.49. The molecule has 2 aliphatic carbocycles. The van der Waals surface area contributed by atoms with Gasteiger partial charge in [0.25, 0.3) is 0 Å². The Labute approximate surface area is 203 Å². The van der Waals surface area contributed by atoms with E-state index in [1.54, 1.807) is 19.2 Å². The van der Waals surface area contributed by atoms with Crippen molar-refractivity contribution in [1.82, 2.24) is 5.32 Å². The van der Waals surface area contributed by atoms with Crippen molar-refractivity contribution in [2.45, 2.75) is 12.3 Å². The SMILES string of the molecule is CN(C(=O)[C@H]1C[C@H]1CNC(=O)OCC1c2ccccc2-c2ccccc21)c1ccc(C(=O)O)cc1. The lowest BCUT2D eigenvalue weighted by molar-refractivity contribution is -0.119. The molecule has 7 nitrogen and oxygen atoms in total. The molecule has 5 rings (SSSR count). The zero-order valence-electron chi connectivity index (χ0n) is 19.3. The summed E-state index contributed by atoms with van der Waals surface area (Å²) in [4.78, 5) is 37.7. The molecule has 35 heavy (non-hydrogen) atoms. The van der Waals surface area contributed by atoms with Gasteiger partial charge in [-0.15, -0.1) is 0 Å². The molecule has 2 N–H and O–H groups in total. The number of carbonyl (C=O) groups is 3. The molecule has 1 saturated carbocycles. The molecule has 2 aliphatic rings. The van der Waals surface area contributed by atoms with Crippen LogP contribution in [0.5, 0.6) is 0 Å². The fraction of sp³-hybridized carbons (Fsp3) is 0.250. The number of ether oxygens (including phenoxy) is 1. The Balaban J connectivity index is 1.11. The summed E-state index contributed by atoms with van der Waals surface area (Å²) in [6.07, 6.45) is 0.211.